The number of aliphatic hydroxyl groups is 1. The first kappa shape index (κ1) is 28.1. The molecule has 0 spiro atoms. The van der Waals surface area contributed by atoms with Gasteiger partial charge >= 0.3 is 0 Å². The molecule has 0 amide bonds. The molecule has 8 heteroatoms. The minimum atomic E-state index is -3.91. The molecule has 0 radical (unpaired) electrons. The lowest BCUT2D eigenvalue weighted by Crippen LogP contribution is -2.49. The molecule has 1 N–H and O–H groups in total. The highest BCUT2D eigenvalue weighted by Gasteiger charge is 2.38. The number of benzene rings is 2. The van der Waals surface area contributed by atoms with E-state index in [1.165, 1.54) is 16.4 Å². The van der Waals surface area contributed by atoms with E-state index in [9.17, 15) is 17.9 Å². The molecule has 1 aliphatic heterocycles. The normalized spacial score (nSPS) is 20.6. The molecule has 1 aliphatic rings. The van der Waals surface area contributed by atoms with Crippen LogP contribution in [0.1, 0.15) is 45.2 Å². The summed E-state index contributed by atoms with van der Waals surface area (Å²) >= 11 is 0. The smallest absolute Gasteiger partial charge is 0.247 e. The number of aliphatic hydroxyl groups excluding tert-OH is 1. The second-order valence-corrected chi connectivity index (χ2v) is 11.9. The van der Waals surface area contributed by atoms with Crippen LogP contribution in [-0.4, -0.2) is 61.6 Å². The fourth-order valence-corrected chi connectivity index (χ4v) is 5.99. The lowest BCUT2D eigenvalue weighted by atomic mass is 10.0. The number of hydrogen-bond acceptors (Lipinski definition) is 5. The summed E-state index contributed by atoms with van der Waals surface area (Å²) < 4.78 is 49.1. The molecular formula is C28H37FN2O4S. The molecule has 2 aromatic rings. The highest BCUT2D eigenvalue weighted by atomic mass is 32.2. The predicted molar refractivity (Wildman–Crippen MR) is 140 cm³/mol. The maximum Gasteiger partial charge on any atom is 0.247 e. The Hall–Kier alpha value is -2.44. The molecule has 196 valence electrons. The van der Waals surface area contributed by atoms with E-state index >= 15 is 0 Å². The van der Waals surface area contributed by atoms with Crippen LogP contribution in [0, 0.1) is 29.5 Å². The predicted octanol–water partition coefficient (Wildman–Crippen LogP) is 4.12. The molecule has 0 fully saturated rings. The Kier molecular flexibility index (Phi) is 9.53. The van der Waals surface area contributed by atoms with E-state index < -0.39 is 16.1 Å². The van der Waals surface area contributed by atoms with Gasteiger partial charge in [0.2, 0.25) is 10.0 Å². The third kappa shape index (κ3) is 6.86. The van der Waals surface area contributed by atoms with Gasteiger partial charge in [-0.2, -0.15) is 4.31 Å². The van der Waals surface area contributed by atoms with Crippen molar-refractivity contribution in [2.75, 3.05) is 26.7 Å². The summed E-state index contributed by atoms with van der Waals surface area (Å²) in [4.78, 5) is 2.03. The van der Waals surface area contributed by atoms with Crippen molar-refractivity contribution in [3.8, 4) is 17.6 Å². The maximum absolute atomic E-state index is 14.2. The molecule has 0 saturated heterocycles. The van der Waals surface area contributed by atoms with Gasteiger partial charge in [-0.3, -0.25) is 4.90 Å². The summed E-state index contributed by atoms with van der Waals surface area (Å²) in [5, 5.41) is 9.80. The summed E-state index contributed by atoms with van der Waals surface area (Å²) in [6.07, 6.45) is 0.363. The molecule has 0 saturated carbocycles. The molecule has 36 heavy (non-hydrogen) atoms. The van der Waals surface area contributed by atoms with Gasteiger partial charge in [-0.05, 0) is 44.2 Å². The first-order chi connectivity index (χ1) is 17.0. The number of rotatable bonds is 7. The summed E-state index contributed by atoms with van der Waals surface area (Å²) in [5.74, 6) is 6.47. The van der Waals surface area contributed by atoms with Gasteiger partial charge in [0.15, 0.2) is 0 Å². The molecule has 0 bridgehead atoms. The fourth-order valence-electron chi connectivity index (χ4n) is 4.17. The average Bonchev–Trinajstić information content (AvgIpc) is 2.82. The summed E-state index contributed by atoms with van der Waals surface area (Å²) in [5.41, 5.74) is 1.26. The molecule has 6 nitrogen and oxygen atoms in total. The molecule has 2 aromatic carbocycles. The van der Waals surface area contributed by atoms with Crippen LogP contribution in [0.5, 0.6) is 5.75 Å². The highest BCUT2D eigenvalue weighted by molar-refractivity contribution is 7.89. The Bertz CT molecular complexity index is 1210. The highest BCUT2D eigenvalue weighted by Crippen LogP contribution is 2.34. The van der Waals surface area contributed by atoms with Gasteiger partial charge < -0.3 is 9.84 Å². The second-order valence-electron chi connectivity index (χ2n) is 10.1. The standard InChI is InChI=1S/C28H37FN2O4S/c1-20(2)9-8-10-23-13-14-28-26(15-23)35-27(18-30(5)17-24-11-6-7-12-25(24)29)21(3)16-31(22(4)19-32)36(28,33)34/h6-7,11-15,20-22,27,32H,9,16-19H2,1-5H3/t21-,22-,27+/m1/s1. The largest absolute Gasteiger partial charge is 0.487 e. The van der Waals surface area contributed by atoms with Gasteiger partial charge in [0, 0.05) is 49.1 Å². The average molecular weight is 517 g/mol. The number of sulfonamides is 1. The minimum Gasteiger partial charge on any atom is -0.487 e. The summed E-state index contributed by atoms with van der Waals surface area (Å²) in [6.45, 7) is 8.55. The van der Waals surface area contributed by atoms with Crippen molar-refractivity contribution in [1.82, 2.24) is 9.21 Å². The van der Waals surface area contributed by atoms with Gasteiger partial charge in [0.05, 0.1) is 6.61 Å². The van der Waals surface area contributed by atoms with Crippen LogP contribution in [0.2, 0.25) is 0 Å². The van der Waals surface area contributed by atoms with E-state index in [2.05, 4.69) is 25.7 Å². The summed E-state index contributed by atoms with van der Waals surface area (Å²) in [6, 6.07) is 11.0. The number of ether oxygens (including phenoxy) is 1. The van der Waals surface area contributed by atoms with Crippen LogP contribution in [0.25, 0.3) is 0 Å². The zero-order chi connectivity index (χ0) is 26.5. The van der Waals surface area contributed by atoms with Gasteiger partial charge in [-0.15, -0.1) is 0 Å². The van der Waals surface area contributed by atoms with Crippen LogP contribution < -0.4 is 4.74 Å². The van der Waals surface area contributed by atoms with Crippen molar-refractivity contribution in [1.29, 1.82) is 0 Å². The molecule has 0 unspecified atom stereocenters. The number of halogens is 1. The van der Waals surface area contributed by atoms with Crippen LogP contribution in [-0.2, 0) is 16.6 Å². The Balaban J connectivity index is 1.97. The lowest BCUT2D eigenvalue weighted by Gasteiger charge is -2.37. The Morgan fingerprint density at radius 3 is 2.61 bits per heavy atom. The van der Waals surface area contributed by atoms with Gasteiger partial charge in [0.25, 0.3) is 0 Å². The number of hydrogen-bond donors (Lipinski definition) is 1. The van der Waals surface area contributed by atoms with Crippen molar-refractivity contribution in [3.05, 3.63) is 59.4 Å². The van der Waals surface area contributed by atoms with Crippen LogP contribution >= 0.6 is 0 Å². The van der Waals surface area contributed by atoms with E-state index in [-0.39, 0.29) is 41.6 Å². The van der Waals surface area contributed by atoms with Crippen molar-refractivity contribution < 1.29 is 22.7 Å². The van der Waals surface area contributed by atoms with E-state index in [4.69, 9.17) is 4.74 Å². The molecule has 0 aliphatic carbocycles. The van der Waals surface area contributed by atoms with Crippen LogP contribution in [0.4, 0.5) is 4.39 Å². The molecule has 3 rings (SSSR count). The quantitative estimate of drug-likeness (QED) is 0.561. The van der Waals surface area contributed by atoms with E-state index in [1.807, 2.05) is 18.9 Å². The Morgan fingerprint density at radius 2 is 1.94 bits per heavy atom. The monoisotopic (exact) mass is 516 g/mol. The first-order valence-electron chi connectivity index (χ1n) is 12.4. The van der Waals surface area contributed by atoms with Crippen LogP contribution in [0.15, 0.2) is 47.4 Å². The Labute approximate surface area is 215 Å². The fraction of sp³-hybridized carbons (Fsp3) is 0.500. The van der Waals surface area contributed by atoms with Crippen molar-refractivity contribution in [3.63, 3.8) is 0 Å². The third-order valence-electron chi connectivity index (χ3n) is 6.30. The lowest BCUT2D eigenvalue weighted by molar-refractivity contribution is 0.0731. The Morgan fingerprint density at radius 1 is 1.22 bits per heavy atom. The first-order valence-corrected chi connectivity index (χ1v) is 13.8. The third-order valence-corrected chi connectivity index (χ3v) is 8.32. The van der Waals surface area contributed by atoms with Gasteiger partial charge in [-0.25, -0.2) is 12.8 Å². The molecule has 3 atom stereocenters. The van der Waals surface area contributed by atoms with Gasteiger partial charge in [-0.1, -0.05) is 50.8 Å². The van der Waals surface area contributed by atoms with E-state index in [0.717, 1.165) is 6.42 Å². The second kappa shape index (κ2) is 12.2. The molecular weight excluding hydrogens is 479 g/mol. The van der Waals surface area contributed by atoms with Crippen molar-refractivity contribution >= 4 is 10.0 Å². The van der Waals surface area contributed by atoms with Crippen molar-refractivity contribution in [2.45, 2.75) is 57.7 Å². The number of likely N-dealkylation sites (N-methyl/N-ethyl adjacent to an activating group) is 1. The van der Waals surface area contributed by atoms with E-state index in [0.29, 0.717) is 30.1 Å². The zero-order valence-electron chi connectivity index (χ0n) is 21.7. The van der Waals surface area contributed by atoms with E-state index in [1.54, 1.807) is 37.3 Å². The van der Waals surface area contributed by atoms with Crippen LogP contribution in [0.3, 0.4) is 0 Å². The zero-order valence-corrected chi connectivity index (χ0v) is 22.6. The minimum absolute atomic E-state index is 0.0610. The summed E-state index contributed by atoms with van der Waals surface area (Å²) in [7, 11) is -2.02. The maximum atomic E-state index is 14.2. The molecule has 0 aromatic heterocycles. The number of nitrogens with zero attached hydrogens (tertiary/aromatic N) is 2. The molecule has 1 heterocycles. The van der Waals surface area contributed by atoms with Gasteiger partial charge in [0.1, 0.15) is 22.6 Å². The number of fused-ring (bicyclic) bond motifs is 1. The topological polar surface area (TPSA) is 70.1 Å². The SMILES string of the molecule is CC(C)CC#Cc1ccc2c(c1)O[C@@H](CN(C)Cc1ccccc1F)[C@H](C)CN([C@H](C)CO)S2(=O)=O. The van der Waals surface area contributed by atoms with Crippen molar-refractivity contribution in [2.24, 2.45) is 11.8 Å².